The van der Waals surface area contributed by atoms with Gasteiger partial charge in [0.1, 0.15) is 11.6 Å². The van der Waals surface area contributed by atoms with Gasteiger partial charge in [0.05, 0.1) is 12.1 Å². The predicted octanol–water partition coefficient (Wildman–Crippen LogP) is 3.26. The largest absolute Gasteiger partial charge is 0.495 e. The molecule has 1 aliphatic carbocycles. The number of halogens is 2. The van der Waals surface area contributed by atoms with Crippen molar-refractivity contribution in [3.63, 3.8) is 0 Å². The van der Waals surface area contributed by atoms with Gasteiger partial charge in [-0.3, -0.25) is 0 Å². The van der Waals surface area contributed by atoms with Crippen LogP contribution in [0.5, 0.6) is 5.75 Å². The lowest BCUT2D eigenvalue weighted by molar-refractivity contribution is 0.403. The van der Waals surface area contributed by atoms with E-state index >= 15 is 0 Å². The van der Waals surface area contributed by atoms with Gasteiger partial charge in [0.2, 0.25) is 0 Å². The molecule has 0 unspecified atom stereocenters. The van der Waals surface area contributed by atoms with Gasteiger partial charge in [0.15, 0.2) is 0 Å². The third-order valence-corrected chi connectivity index (χ3v) is 4.14. The van der Waals surface area contributed by atoms with E-state index in [4.69, 9.17) is 22.1 Å². The fourth-order valence-electron chi connectivity index (χ4n) is 2.73. The monoisotopic (exact) mass is 257 g/mol. The van der Waals surface area contributed by atoms with Crippen molar-refractivity contribution in [1.82, 2.24) is 0 Å². The van der Waals surface area contributed by atoms with Gasteiger partial charge < -0.3 is 10.5 Å². The first kappa shape index (κ1) is 12.7. The molecule has 1 aromatic carbocycles. The third-order valence-electron chi connectivity index (χ3n) is 3.75. The van der Waals surface area contributed by atoms with Crippen molar-refractivity contribution >= 4 is 11.6 Å². The van der Waals surface area contributed by atoms with Gasteiger partial charge in [-0.05, 0) is 24.5 Å². The Balaban J connectivity index is 2.53. The maximum Gasteiger partial charge on any atom is 0.140 e. The number of ether oxygens (including phenoxy) is 1. The van der Waals surface area contributed by atoms with E-state index in [1.165, 1.54) is 19.2 Å². The highest BCUT2D eigenvalue weighted by Crippen LogP contribution is 2.45. The summed E-state index contributed by atoms with van der Waals surface area (Å²) in [7, 11) is 1.49. The van der Waals surface area contributed by atoms with Crippen LogP contribution in [0.25, 0.3) is 0 Å². The SMILES string of the molecule is COc1cc(F)cc(C2(CN)CCCC2)c1Cl. The Labute approximate surface area is 106 Å². The molecule has 2 rings (SSSR count). The Morgan fingerprint density at radius 2 is 2.06 bits per heavy atom. The van der Waals surface area contributed by atoms with Crippen LogP contribution in [0.15, 0.2) is 12.1 Å². The Bertz CT molecular complexity index is 416. The molecule has 0 saturated heterocycles. The highest BCUT2D eigenvalue weighted by atomic mass is 35.5. The Morgan fingerprint density at radius 3 is 2.59 bits per heavy atom. The second-order valence-electron chi connectivity index (χ2n) is 4.66. The van der Waals surface area contributed by atoms with Crippen molar-refractivity contribution in [2.45, 2.75) is 31.1 Å². The summed E-state index contributed by atoms with van der Waals surface area (Å²) in [6, 6.07) is 2.81. The predicted molar refractivity (Wildman–Crippen MR) is 67.2 cm³/mol. The van der Waals surface area contributed by atoms with Crippen molar-refractivity contribution in [3.8, 4) is 5.75 Å². The first-order chi connectivity index (χ1) is 8.13. The van der Waals surface area contributed by atoms with Crippen LogP contribution in [-0.4, -0.2) is 13.7 Å². The minimum absolute atomic E-state index is 0.174. The van der Waals surface area contributed by atoms with Crippen molar-refractivity contribution in [2.24, 2.45) is 5.73 Å². The number of hydrogen-bond acceptors (Lipinski definition) is 2. The Hall–Kier alpha value is -0.800. The molecule has 0 aliphatic heterocycles. The molecule has 2 N–H and O–H groups in total. The van der Waals surface area contributed by atoms with E-state index in [9.17, 15) is 4.39 Å². The van der Waals surface area contributed by atoms with Crippen LogP contribution in [0, 0.1) is 5.82 Å². The van der Waals surface area contributed by atoms with Gasteiger partial charge in [-0.1, -0.05) is 24.4 Å². The van der Waals surface area contributed by atoms with Crippen LogP contribution >= 0.6 is 11.6 Å². The smallest absolute Gasteiger partial charge is 0.140 e. The zero-order valence-corrected chi connectivity index (χ0v) is 10.7. The molecule has 0 heterocycles. The molecular weight excluding hydrogens is 241 g/mol. The first-order valence-corrected chi connectivity index (χ1v) is 6.24. The standard InChI is InChI=1S/C13H17ClFNO/c1-17-11-7-9(15)6-10(12(11)14)13(8-16)4-2-3-5-13/h6-7H,2-5,8,16H2,1H3. The first-order valence-electron chi connectivity index (χ1n) is 5.86. The van der Waals surface area contributed by atoms with Crippen molar-refractivity contribution in [2.75, 3.05) is 13.7 Å². The molecule has 0 radical (unpaired) electrons. The van der Waals surface area contributed by atoms with Gasteiger partial charge in [-0.2, -0.15) is 0 Å². The van der Waals surface area contributed by atoms with E-state index in [1.54, 1.807) is 0 Å². The quantitative estimate of drug-likeness (QED) is 0.902. The molecule has 17 heavy (non-hydrogen) atoms. The van der Waals surface area contributed by atoms with Crippen LogP contribution < -0.4 is 10.5 Å². The fourth-order valence-corrected chi connectivity index (χ4v) is 3.12. The van der Waals surface area contributed by atoms with Crippen molar-refractivity contribution < 1.29 is 9.13 Å². The second kappa shape index (κ2) is 4.83. The zero-order valence-electron chi connectivity index (χ0n) is 9.93. The Kier molecular flexibility index (Phi) is 3.59. The maximum absolute atomic E-state index is 13.6. The summed E-state index contributed by atoms with van der Waals surface area (Å²) < 4.78 is 18.7. The van der Waals surface area contributed by atoms with Gasteiger partial charge in [0, 0.05) is 18.0 Å². The number of benzene rings is 1. The molecule has 2 nitrogen and oxygen atoms in total. The summed E-state index contributed by atoms with van der Waals surface area (Å²) in [5, 5.41) is 0.501. The minimum Gasteiger partial charge on any atom is -0.495 e. The van der Waals surface area contributed by atoms with Crippen molar-refractivity contribution in [1.29, 1.82) is 0 Å². The Morgan fingerprint density at radius 1 is 1.41 bits per heavy atom. The normalized spacial score (nSPS) is 18.4. The van der Waals surface area contributed by atoms with E-state index in [0.717, 1.165) is 31.2 Å². The molecule has 0 bridgehead atoms. The lowest BCUT2D eigenvalue weighted by Gasteiger charge is -2.29. The number of hydrogen-bond donors (Lipinski definition) is 1. The van der Waals surface area contributed by atoms with Crippen LogP contribution in [0.4, 0.5) is 4.39 Å². The third kappa shape index (κ3) is 2.14. The maximum atomic E-state index is 13.6. The fraction of sp³-hybridized carbons (Fsp3) is 0.538. The molecule has 4 heteroatoms. The molecule has 0 atom stereocenters. The summed E-state index contributed by atoms with van der Waals surface area (Å²) in [4.78, 5) is 0. The lowest BCUT2D eigenvalue weighted by Crippen LogP contribution is -2.32. The molecular formula is C13H17ClFNO. The van der Waals surface area contributed by atoms with Crippen LogP contribution in [0.3, 0.4) is 0 Å². The molecule has 0 aromatic heterocycles. The van der Waals surface area contributed by atoms with Crippen LogP contribution in [0.2, 0.25) is 5.02 Å². The second-order valence-corrected chi connectivity index (χ2v) is 5.04. The molecule has 1 aromatic rings. The number of rotatable bonds is 3. The van der Waals surface area contributed by atoms with Gasteiger partial charge in [0.25, 0.3) is 0 Å². The highest BCUT2D eigenvalue weighted by Gasteiger charge is 2.37. The highest BCUT2D eigenvalue weighted by molar-refractivity contribution is 6.33. The van der Waals surface area contributed by atoms with E-state index in [2.05, 4.69) is 0 Å². The van der Waals surface area contributed by atoms with E-state index in [1.807, 2.05) is 0 Å². The van der Waals surface area contributed by atoms with Gasteiger partial charge in [-0.15, -0.1) is 0 Å². The molecule has 1 saturated carbocycles. The summed E-state index contributed by atoms with van der Waals surface area (Å²) in [6.07, 6.45) is 4.17. The van der Waals surface area contributed by atoms with E-state index < -0.39 is 0 Å². The topological polar surface area (TPSA) is 35.2 Å². The molecule has 1 aliphatic rings. The molecule has 94 valence electrons. The molecule has 0 spiro atoms. The summed E-state index contributed by atoms with van der Waals surface area (Å²) in [5.74, 6) is 0.0716. The average molecular weight is 258 g/mol. The minimum atomic E-state index is -0.319. The summed E-state index contributed by atoms with van der Waals surface area (Å²) in [5.41, 5.74) is 6.52. The summed E-state index contributed by atoms with van der Waals surface area (Å²) in [6.45, 7) is 0.499. The molecule has 1 fully saturated rings. The molecule has 0 amide bonds. The number of methoxy groups -OCH3 is 1. The van der Waals surface area contributed by atoms with Gasteiger partial charge >= 0.3 is 0 Å². The van der Waals surface area contributed by atoms with E-state index in [0.29, 0.717) is 17.3 Å². The van der Waals surface area contributed by atoms with Crippen LogP contribution in [0.1, 0.15) is 31.2 Å². The zero-order chi connectivity index (χ0) is 12.5. The van der Waals surface area contributed by atoms with E-state index in [-0.39, 0.29) is 11.2 Å². The van der Waals surface area contributed by atoms with Gasteiger partial charge in [-0.25, -0.2) is 4.39 Å². The van der Waals surface area contributed by atoms with Crippen molar-refractivity contribution in [3.05, 3.63) is 28.5 Å². The van der Waals surface area contributed by atoms with Crippen LogP contribution in [-0.2, 0) is 5.41 Å². The average Bonchev–Trinajstić information content (AvgIpc) is 2.81. The summed E-state index contributed by atoms with van der Waals surface area (Å²) >= 11 is 6.28. The lowest BCUT2D eigenvalue weighted by atomic mass is 9.79. The number of nitrogens with two attached hydrogens (primary N) is 1.